The normalized spacial score (nSPS) is 16.4. The number of urea groups is 1. The van der Waals surface area contributed by atoms with Crippen molar-refractivity contribution in [3.05, 3.63) is 81.0 Å². The van der Waals surface area contributed by atoms with Crippen molar-refractivity contribution >= 4 is 23.3 Å². The van der Waals surface area contributed by atoms with E-state index in [9.17, 15) is 19.7 Å². The first kappa shape index (κ1) is 18.1. The zero-order chi connectivity index (χ0) is 19.6. The van der Waals surface area contributed by atoms with Gasteiger partial charge in [0.1, 0.15) is 0 Å². The van der Waals surface area contributed by atoms with E-state index in [1.807, 2.05) is 31.2 Å². The number of nitrogens with zero attached hydrogens (tertiary/aromatic N) is 1. The van der Waals surface area contributed by atoms with Gasteiger partial charge in [-0.25, -0.2) is 4.79 Å². The van der Waals surface area contributed by atoms with E-state index in [-0.39, 0.29) is 11.7 Å². The lowest BCUT2D eigenvalue weighted by Gasteiger charge is -2.29. The molecule has 0 unspecified atom stereocenters. The molecule has 3 rings (SSSR count). The van der Waals surface area contributed by atoms with Gasteiger partial charge < -0.3 is 16.0 Å². The molecule has 1 aliphatic rings. The summed E-state index contributed by atoms with van der Waals surface area (Å²) < 4.78 is 0. The number of amides is 3. The van der Waals surface area contributed by atoms with Crippen LogP contribution in [0.1, 0.15) is 24.1 Å². The zero-order valence-electron chi connectivity index (χ0n) is 14.8. The topological polar surface area (TPSA) is 113 Å². The van der Waals surface area contributed by atoms with Gasteiger partial charge in [0.25, 0.3) is 11.6 Å². The highest BCUT2D eigenvalue weighted by molar-refractivity contribution is 6.06. The molecule has 138 valence electrons. The van der Waals surface area contributed by atoms with Crippen LogP contribution in [0.3, 0.4) is 0 Å². The largest absolute Gasteiger partial charge is 0.327 e. The summed E-state index contributed by atoms with van der Waals surface area (Å²) >= 11 is 0. The number of aryl methyl sites for hydroxylation is 1. The molecule has 0 aromatic heterocycles. The number of hydrogen-bond acceptors (Lipinski definition) is 4. The van der Waals surface area contributed by atoms with Crippen LogP contribution < -0.4 is 16.0 Å². The van der Waals surface area contributed by atoms with Crippen LogP contribution in [0.4, 0.5) is 16.2 Å². The Morgan fingerprint density at radius 2 is 1.78 bits per heavy atom. The van der Waals surface area contributed by atoms with Crippen LogP contribution in [0, 0.1) is 17.0 Å². The first-order chi connectivity index (χ1) is 12.9. The van der Waals surface area contributed by atoms with Crippen molar-refractivity contribution in [2.45, 2.75) is 19.9 Å². The van der Waals surface area contributed by atoms with Gasteiger partial charge in [-0.15, -0.1) is 0 Å². The van der Waals surface area contributed by atoms with Crippen molar-refractivity contribution in [3.8, 4) is 0 Å². The molecule has 1 aliphatic heterocycles. The van der Waals surface area contributed by atoms with Gasteiger partial charge in [0.2, 0.25) is 0 Å². The number of anilines is 1. The van der Waals surface area contributed by atoms with Gasteiger partial charge >= 0.3 is 6.03 Å². The first-order valence-corrected chi connectivity index (χ1v) is 8.26. The van der Waals surface area contributed by atoms with Crippen molar-refractivity contribution in [2.24, 2.45) is 0 Å². The Hall–Kier alpha value is -3.68. The monoisotopic (exact) mass is 366 g/mol. The standard InChI is InChI=1S/C19H18N4O4/c1-11-5-3-4-6-15(11)17-16(12(2)20-19(25)22-17)18(24)21-13-7-9-14(10-8-13)23(26)27/h3-10,17H,1-2H3,(H,21,24)(H2,20,22,25)/t17-/m1/s1. The van der Waals surface area contributed by atoms with Crippen molar-refractivity contribution in [1.29, 1.82) is 0 Å². The maximum atomic E-state index is 12.9. The van der Waals surface area contributed by atoms with E-state index in [4.69, 9.17) is 0 Å². The van der Waals surface area contributed by atoms with E-state index in [1.165, 1.54) is 24.3 Å². The van der Waals surface area contributed by atoms with Gasteiger partial charge in [-0.1, -0.05) is 24.3 Å². The number of nitrogens with one attached hydrogen (secondary N) is 3. The molecule has 0 saturated carbocycles. The smallest absolute Gasteiger partial charge is 0.319 e. The number of allylic oxidation sites excluding steroid dienone is 1. The predicted octanol–water partition coefficient (Wildman–Crippen LogP) is 3.17. The summed E-state index contributed by atoms with van der Waals surface area (Å²) in [7, 11) is 0. The van der Waals surface area contributed by atoms with E-state index < -0.39 is 16.9 Å². The molecule has 2 aromatic carbocycles. The number of rotatable bonds is 4. The minimum atomic E-state index is -0.599. The van der Waals surface area contributed by atoms with Crippen LogP contribution >= 0.6 is 0 Å². The second-order valence-corrected chi connectivity index (χ2v) is 6.18. The number of hydrogen-bond donors (Lipinski definition) is 3. The predicted molar refractivity (Wildman–Crippen MR) is 100 cm³/mol. The Kier molecular flexibility index (Phi) is 4.89. The number of nitro benzene ring substituents is 1. The van der Waals surface area contributed by atoms with Gasteiger partial charge in [0, 0.05) is 23.5 Å². The summed E-state index contributed by atoms with van der Waals surface area (Å²) in [6.45, 7) is 3.57. The SMILES string of the molecule is CC1=C(C(=O)Nc2ccc([N+](=O)[O-])cc2)[C@@H](c2ccccc2C)NC(=O)N1. The minimum Gasteiger partial charge on any atom is -0.327 e. The molecule has 27 heavy (non-hydrogen) atoms. The van der Waals surface area contributed by atoms with Gasteiger partial charge in [0.05, 0.1) is 16.5 Å². The minimum absolute atomic E-state index is 0.0622. The van der Waals surface area contributed by atoms with Gasteiger partial charge in [-0.3, -0.25) is 14.9 Å². The second-order valence-electron chi connectivity index (χ2n) is 6.18. The fourth-order valence-corrected chi connectivity index (χ4v) is 3.00. The molecule has 0 saturated heterocycles. The fourth-order valence-electron chi connectivity index (χ4n) is 3.00. The molecule has 0 spiro atoms. The molecular formula is C19H18N4O4. The van der Waals surface area contributed by atoms with Gasteiger partial charge in [0.15, 0.2) is 0 Å². The van der Waals surface area contributed by atoms with Crippen LogP contribution in [0.25, 0.3) is 0 Å². The first-order valence-electron chi connectivity index (χ1n) is 8.26. The maximum Gasteiger partial charge on any atom is 0.319 e. The Morgan fingerprint density at radius 3 is 2.41 bits per heavy atom. The molecule has 3 amide bonds. The third-order valence-electron chi connectivity index (χ3n) is 4.35. The summed E-state index contributed by atoms with van der Waals surface area (Å²) in [5, 5.41) is 18.9. The quantitative estimate of drug-likeness (QED) is 0.570. The van der Waals surface area contributed by atoms with Gasteiger partial charge in [-0.2, -0.15) is 0 Å². The highest BCUT2D eigenvalue weighted by Crippen LogP contribution is 2.29. The molecule has 1 atom stereocenters. The van der Waals surface area contributed by atoms with Crippen molar-refractivity contribution < 1.29 is 14.5 Å². The number of carbonyl (C=O) groups excluding carboxylic acids is 2. The van der Waals surface area contributed by atoms with E-state index in [1.54, 1.807) is 6.92 Å². The van der Waals surface area contributed by atoms with E-state index in [2.05, 4.69) is 16.0 Å². The highest BCUT2D eigenvalue weighted by atomic mass is 16.6. The molecule has 3 N–H and O–H groups in total. The lowest BCUT2D eigenvalue weighted by atomic mass is 9.92. The maximum absolute atomic E-state index is 12.9. The molecular weight excluding hydrogens is 348 g/mol. The summed E-state index contributed by atoms with van der Waals surface area (Å²) in [6.07, 6.45) is 0. The third kappa shape index (κ3) is 3.79. The summed E-state index contributed by atoms with van der Waals surface area (Å²) in [6, 6.07) is 12.1. The fraction of sp³-hybridized carbons (Fsp3) is 0.158. The average Bonchev–Trinajstić information content (AvgIpc) is 2.61. The highest BCUT2D eigenvalue weighted by Gasteiger charge is 2.31. The summed E-state index contributed by atoms with van der Waals surface area (Å²) in [5.41, 5.74) is 2.95. The molecule has 0 radical (unpaired) electrons. The van der Waals surface area contributed by atoms with E-state index >= 15 is 0 Å². The van der Waals surface area contributed by atoms with Gasteiger partial charge in [-0.05, 0) is 37.1 Å². The lowest BCUT2D eigenvalue weighted by molar-refractivity contribution is -0.384. The van der Waals surface area contributed by atoms with Crippen molar-refractivity contribution in [1.82, 2.24) is 10.6 Å². The van der Waals surface area contributed by atoms with Crippen LogP contribution in [0.2, 0.25) is 0 Å². The molecule has 0 fully saturated rings. The summed E-state index contributed by atoms with van der Waals surface area (Å²) in [4.78, 5) is 35.1. The lowest BCUT2D eigenvalue weighted by Crippen LogP contribution is -2.46. The zero-order valence-corrected chi connectivity index (χ0v) is 14.8. The number of non-ortho nitro benzene ring substituents is 1. The molecule has 8 heteroatoms. The number of carbonyl (C=O) groups is 2. The number of benzene rings is 2. The van der Waals surface area contributed by atoms with E-state index in [0.29, 0.717) is 17.0 Å². The number of nitro groups is 1. The molecule has 2 aromatic rings. The molecule has 0 bridgehead atoms. The molecule has 1 heterocycles. The van der Waals surface area contributed by atoms with Crippen LogP contribution in [-0.2, 0) is 4.79 Å². The Morgan fingerprint density at radius 1 is 1.11 bits per heavy atom. The Labute approximate surface area is 155 Å². The second kappa shape index (κ2) is 7.28. The third-order valence-corrected chi connectivity index (χ3v) is 4.35. The average molecular weight is 366 g/mol. The van der Waals surface area contributed by atoms with Crippen LogP contribution in [-0.4, -0.2) is 16.9 Å². The Bertz CT molecular complexity index is 950. The summed E-state index contributed by atoms with van der Waals surface area (Å²) in [5.74, 6) is -0.401. The Balaban J connectivity index is 1.92. The van der Waals surface area contributed by atoms with Crippen molar-refractivity contribution in [2.75, 3.05) is 5.32 Å². The molecule has 8 nitrogen and oxygen atoms in total. The van der Waals surface area contributed by atoms with Crippen molar-refractivity contribution in [3.63, 3.8) is 0 Å². The van der Waals surface area contributed by atoms with Crippen LogP contribution in [0.5, 0.6) is 0 Å². The van der Waals surface area contributed by atoms with Crippen LogP contribution in [0.15, 0.2) is 59.8 Å². The van der Waals surface area contributed by atoms with E-state index in [0.717, 1.165) is 11.1 Å². The molecule has 0 aliphatic carbocycles.